The Morgan fingerprint density at radius 3 is 2.11 bits per heavy atom. The molecular weight excluding hydrogens is 236 g/mol. The fraction of sp³-hybridized carbons (Fsp3) is 0.923. The minimum Gasteiger partial charge on any atom is -0.463 e. The van der Waals surface area contributed by atoms with Gasteiger partial charge in [0.2, 0.25) is 0 Å². The van der Waals surface area contributed by atoms with Crippen molar-refractivity contribution in [3.8, 4) is 0 Å². The van der Waals surface area contributed by atoms with E-state index in [-0.39, 0.29) is 12.6 Å². The Kier molecular flexibility index (Phi) is 12.3. The summed E-state index contributed by atoms with van der Waals surface area (Å²) in [6, 6.07) is 0. The van der Waals surface area contributed by atoms with Gasteiger partial charge >= 0.3 is 5.97 Å². The first-order valence-corrected chi connectivity index (χ1v) is 6.66. The van der Waals surface area contributed by atoms with E-state index in [1.807, 2.05) is 0 Å². The lowest BCUT2D eigenvalue weighted by Gasteiger charge is -2.11. The highest BCUT2D eigenvalue weighted by molar-refractivity contribution is 5.69. The van der Waals surface area contributed by atoms with Crippen LogP contribution in [0.15, 0.2) is 0 Å². The molecular formula is C13H26O5. The van der Waals surface area contributed by atoms with E-state index in [9.17, 15) is 4.79 Å². The molecule has 108 valence electrons. The normalized spacial score (nSPS) is 10.9. The molecule has 0 heterocycles. The van der Waals surface area contributed by atoms with Crippen molar-refractivity contribution in [3.63, 3.8) is 0 Å². The van der Waals surface area contributed by atoms with Gasteiger partial charge in [0.15, 0.2) is 0 Å². The van der Waals surface area contributed by atoms with Crippen LogP contribution in [0.4, 0.5) is 0 Å². The van der Waals surface area contributed by atoms with Crippen LogP contribution in [0.3, 0.4) is 0 Å². The number of hydrogen-bond donors (Lipinski definition) is 1. The summed E-state index contributed by atoms with van der Waals surface area (Å²) in [6.45, 7) is 6.08. The van der Waals surface area contributed by atoms with Crippen molar-refractivity contribution >= 4 is 5.97 Å². The summed E-state index contributed by atoms with van der Waals surface area (Å²) < 4.78 is 15.3. The number of esters is 1. The second kappa shape index (κ2) is 12.8. The van der Waals surface area contributed by atoms with Gasteiger partial charge in [-0.05, 0) is 5.92 Å². The molecule has 0 spiro atoms. The minimum absolute atomic E-state index is 0.0215. The number of aliphatic hydroxyl groups excluding tert-OH is 1. The van der Waals surface area contributed by atoms with E-state index in [0.717, 1.165) is 12.8 Å². The van der Waals surface area contributed by atoms with Gasteiger partial charge < -0.3 is 19.3 Å². The van der Waals surface area contributed by atoms with Crippen molar-refractivity contribution in [2.75, 3.05) is 39.6 Å². The predicted octanol–water partition coefficient (Wildman–Crippen LogP) is 1.38. The van der Waals surface area contributed by atoms with Crippen LogP contribution in [0.25, 0.3) is 0 Å². The van der Waals surface area contributed by atoms with Gasteiger partial charge in [-0.25, -0.2) is 0 Å². The second-order valence-corrected chi connectivity index (χ2v) is 4.06. The third kappa shape index (κ3) is 10.5. The Balaban J connectivity index is 3.30. The topological polar surface area (TPSA) is 65.0 Å². The standard InChI is InChI=1S/C13H26O5/c1-3-12(4-2)11-13(15)18-10-9-17-8-7-16-6-5-14/h12,14H,3-11H2,1-2H3. The predicted molar refractivity (Wildman–Crippen MR) is 68.4 cm³/mol. The highest BCUT2D eigenvalue weighted by Crippen LogP contribution is 2.12. The Bertz CT molecular complexity index is 192. The molecule has 0 radical (unpaired) electrons. The van der Waals surface area contributed by atoms with Crippen LogP contribution in [0, 0.1) is 5.92 Å². The summed E-state index contributed by atoms with van der Waals surface area (Å²) in [7, 11) is 0. The van der Waals surface area contributed by atoms with Crippen LogP contribution in [-0.2, 0) is 19.0 Å². The van der Waals surface area contributed by atoms with Crippen LogP contribution in [0.1, 0.15) is 33.1 Å². The maximum Gasteiger partial charge on any atom is 0.306 e. The molecule has 0 bridgehead atoms. The average Bonchev–Trinajstić information content (AvgIpc) is 2.39. The van der Waals surface area contributed by atoms with Crippen molar-refractivity contribution < 1.29 is 24.1 Å². The molecule has 0 amide bonds. The average molecular weight is 262 g/mol. The number of rotatable bonds is 12. The molecule has 18 heavy (non-hydrogen) atoms. The zero-order valence-electron chi connectivity index (χ0n) is 11.5. The lowest BCUT2D eigenvalue weighted by molar-refractivity contribution is -0.146. The first-order valence-electron chi connectivity index (χ1n) is 6.66. The van der Waals surface area contributed by atoms with Crippen LogP contribution in [0.2, 0.25) is 0 Å². The molecule has 0 aromatic rings. The molecule has 0 saturated heterocycles. The maximum atomic E-state index is 11.4. The molecule has 0 aromatic carbocycles. The molecule has 0 fully saturated rings. The molecule has 5 nitrogen and oxygen atoms in total. The summed E-state index contributed by atoms with van der Waals surface area (Å²) in [5.41, 5.74) is 0. The highest BCUT2D eigenvalue weighted by atomic mass is 16.6. The second-order valence-electron chi connectivity index (χ2n) is 4.06. The van der Waals surface area contributed by atoms with E-state index in [2.05, 4.69) is 13.8 Å². The Morgan fingerprint density at radius 2 is 1.56 bits per heavy atom. The number of aliphatic hydroxyl groups is 1. The lowest BCUT2D eigenvalue weighted by atomic mass is 10.00. The zero-order valence-corrected chi connectivity index (χ0v) is 11.5. The molecule has 5 heteroatoms. The zero-order chi connectivity index (χ0) is 13.6. The summed E-state index contributed by atoms with van der Waals surface area (Å²) in [6.07, 6.45) is 2.50. The number of carbonyl (C=O) groups is 1. The number of carbonyl (C=O) groups excluding carboxylic acids is 1. The fourth-order valence-electron chi connectivity index (χ4n) is 1.47. The minimum atomic E-state index is -0.149. The van der Waals surface area contributed by atoms with E-state index in [1.54, 1.807) is 0 Å². The first kappa shape index (κ1) is 17.4. The van der Waals surface area contributed by atoms with E-state index < -0.39 is 0 Å². The SMILES string of the molecule is CCC(CC)CC(=O)OCCOCCOCCO. The van der Waals surface area contributed by atoms with E-state index in [4.69, 9.17) is 19.3 Å². The Hall–Kier alpha value is -0.650. The van der Waals surface area contributed by atoms with Gasteiger partial charge in [0.25, 0.3) is 0 Å². The van der Waals surface area contributed by atoms with Gasteiger partial charge in [0, 0.05) is 6.42 Å². The van der Waals surface area contributed by atoms with E-state index in [1.165, 1.54) is 0 Å². The lowest BCUT2D eigenvalue weighted by Crippen LogP contribution is -2.15. The van der Waals surface area contributed by atoms with Crippen LogP contribution in [0.5, 0.6) is 0 Å². The quantitative estimate of drug-likeness (QED) is 0.425. The molecule has 0 aliphatic rings. The Labute approximate surface area is 109 Å². The molecule has 0 aliphatic carbocycles. The molecule has 0 rings (SSSR count). The van der Waals surface area contributed by atoms with Crippen LogP contribution < -0.4 is 0 Å². The van der Waals surface area contributed by atoms with Gasteiger partial charge in [-0.2, -0.15) is 0 Å². The highest BCUT2D eigenvalue weighted by Gasteiger charge is 2.10. The summed E-state index contributed by atoms with van der Waals surface area (Å²) in [5.74, 6) is 0.272. The van der Waals surface area contributed by atoms with Crippen molar-refractivity contribution in [1.29, 1.82) is 0 Å². The van der Waals surface area contributed by atoms with E-state index in [0.29, 0.717) is 45.4 Å². The van der Waals surface area contributed by atoms with Crippen molar-refractivity contribution in [2.24, 2.45) is 5.92 Å². The monoisotopic (exact) mass is 262 g/mol. The van der Waals surface area contributed by atoms with Crippen LogP contribution >= 0.6 is 0 Å². The van der Waals surface area contributed by atoms with Gasteiger partial charge in [-0.15, -0.1) is 0 Å². The van der Waals surface area contributed by atoms with E-state index >= 15 is 0 Å². The first-order chi connectivity index (χ1) is 8.74. The summed E-state index contributed by atoms with van der Waals surface area (Å²) in [4.78, 5) is 11.4. The summed E-state index contributed by atoms with van der Waals surface area (Å²) >= 11 is 0. The largest absolute Gasteiger partial charge is 0.463 e. The van der Waals surface area contributed by atoms with Gasteiger partial charge in [0.1, 0.15) is 6.61 Å². The van der Waals surface area contributed by atoms with Gasteiger partial charge in [-0.1, -0.05) is 26.7 Å². The van der Waals surface area contributed by atoms with Gasteiger partial charge in [0.05, 0.1) is 33.0 Å². The molecule has 0 atom stereocenters. The number of ether oxygens (including phenoxy) is 3. The third-order valence-electron chi connectivity index (χ3n) is 2.71. The molecule has 0 unspecified atom stereocenters. The molecule has 1 N–H and O–H groups in total. The van der Waals surface area contributed by atoms with Gasteiger partial charge in [-0.3, -0.25) is 4.79 Å². The summed E-state index contributed by atoms with van der Waals surface area (Å²) in [5, 5.41) is 8.46. The molecule has 0 aromatic heterocycles. The smallest absolute Gasteiger partial charge is 0.306 e. The van der Waals surface area contributed by atoms with Crippen molar-refractivity contribution in [1.82, 2.24) is 0 Å². The molecule has 0 saturated carbocycles. The molecule has 0 aliphatic heterocycles. The fourth-order valence-corrected chi connectivity index (χ4v) is 1.47. The van der Waals surface area contributed by atoms with Crippen molar-refractivity contribution in [3.05, 3.63) is 0 Å². The van der Waals surface area contributed by atoms with Crippen molar-refractivity contribution in [2.45, 2.75) is 33.1 Å². The third-order valence-corrected chi connectivity index (χ3v) is 2.71. The Morgan fingerprint density at radius 1 is 1.00 bits per heavy atom. The number of hydrogen-bond acceptors (Lipinski definition) is 5. The maximum absolute atomic E-state index is 11.4. The van der Waals surface area contributed by atoms with Crippen LogP contribution in [-0.4, -0.2) is 50.7 Å².